The Morgan fingerprint density at radius 2 is 1.77 bits per heavy atom. The van der Waals surface area contributed by atoms with Gasteiger partial charge < -0.3 is 15.3 Å². The maximum Gasteiger partial charge on any atom is 0.0642 e. The van der Waals surface area contributed by atoms with Crippen LogP contribution < -0.4 is 0 Å². The number of allylic oxidation sites excluding steroid dienone is 3. The van der Waals surface area contributed by atoms with Gasteiger partial charge in [0.25, 0.3) is 0 Å². The highest BCUT2D eigenvalue weighted by atomic mass is 16.3. The zero-order valence-electron chi connectivity index (χ0n) is 20.6. The van der Waals surface area contributed by atoms with Crippen molar-refractivity contribution in [2.75, 3.05) is 0 Å². The van der Waals surface area contributed by atoms with Gasteiger partial charge in [0, 0.05) is 0 Å². The van der Waals surface area contributed by atoms with Crippen LogP contribution in [0.2, 0.25) is 0 Å². The third kappa shape index (κ3) is 5.84. The first-order valence-electron chi connectivity index (χ1n) is 13.2. The van der Waals surface area contributed by atoms with E-state index in [-0.39, 0.29) is 12.2 Å². The quantitative estimate of drug-likeness (QED) is 0.421. The highest BCUT2D eigenvalue weighted by Crippen LogP contribution is 2.60. The molecule has 178 valence electrons. The van der Waals surface area contributed by atoms with Crippen LogP contribution in [0.4, 0.5) is 0 Å². The van der Waals surface area contributed by atoms with E-state index in [0.717, 1.165) is 31.6 Å². The molecule has 0 amide bonds. The lowest BCUT2D eigenvalue weighted by molar-refractivity contribution is 0.0178. The lowest BCUT2D eigenvalue weighted by atomic mass is 9.60. The number of fused-ring (bicyclic) bond motifs is 1. The van der Waals surface area contributed by atoms with Gasteiger partial charge >= 0.3 is 0 Å². The van der Waals surface area contributed by atoms with Crippen molar-refractivity contribution in [3.8, 4) is 0 Å². The van der Waals surface area contributed by atoms with Crippen molar-refractivity contribution in [3.63, 3.8) is 0 Å². The van der Waals surface area contributed by atoms with Gasteiger partial charge in [0.15, 0.2) is 0 Å². The third-order valence-corrected chi connectivity index (χ3v) is 9.42. The maximum atomic E-state index is 10.6. The summed E-state index contributed by atoms with van der Waals surface area (Å²) in [6.45, 7) is 9.22. The van der Waals surface area contributed by atoms with Crippen LogP contribution in [0.1, 0.15) is 111 Å². The highest BCUT2D eigenvalue weighted by Gasteiger charge is 2.50. The Morgan fingerprint density at radius 1 is 1.10 bits per heavy atom. The Bertz CT molecular complexity index is 635. The minimum Gasteiger partial charge on any atom is -0.393 e. The van der Waals surface area contributed by atoms with Gasteiger partial charge in [-0.2, -0.15) is 0 Å². The number of hydrogen-bond donors (Lipinski definition) is 3. The van der Waals surface area contributed by atoms with E-state index in [0.29, 0.717) is 36.5 Å². The predicted molar refractivity (Wildman–Crippen MR) is 129 cm³/mol. The van der Waals surface area contributed by atoms with Crippen molar-refractivity contribution in [2.45, 2.75) is 129 Å². The van der Waals surface area contributed by atoms with Gasteiger partial charge in [-0.3, -0.25) is 0 Å². The molecule has 0 aromatic heterocycles. The van der Waals surface area contributed by atoms with Gasteiger partial charge in [-0.05, 0) is 93.8 Å². The van der Waals surface area contributed by atoms with E-state index >= 15 is 0 Å². The molecule has 0 saturated heterocycles. The van der Waals surface area contributed by atoms with Crippen LogP contribution in [-0.4, -0.2) is 33.1 Å². The summed E-state index contributed by atoms with van der Waals surface area (Å²) in [5.41, 5.74) is 2.75. The second-order valence-corrected chi connectivity index (χ2v) is 11.4. The molecule has 0 aromatic rings. The Balaban J connectivity index is 1.64. The molecular weight excluding hydrogens is 384 g/mol. The van der Waals surface area contributed by atoms with Gasteiger partial charge in [-0.1, -0.05) is 63.8 Å². The summed E-state index contributed by atoms with van der Waals surface area (Å²) in [6, 6.07) is 0. The van der Waals surface area contributed by atoms with Crippen LogP contribution in [-0.2, 0) is 0 Å². The molecule has 0 spiro atoms. The third-order valence-electron chi connectivity index (χ3n) is 9.42. The predicted octanol–water partition coefficient (Wildman–Crippen LogP) is 6.32. The van der Waals surface area contributed by atoms with E-state index in [1.54, 1.807) is 5.57 Å². The molecule has 0 aliphatic heterocycles. The van der Waals surface area contributed by atoms with Crippen LogP contribution in [0.3, 0.4) is 0 Å². The zero-order valence-corrected chi connectivity index (χ0v) is 20.6. The van der Waals surface area contributed by atoms with E-state index in [1.165, 1.54) is 44.1 Å². The van der Waals surface area contributed by atoms with E-state index in [4.69, 9.17) is 0 Å². The molecule has 3 saturated carbocycles. The van der Waals surface area contributed by atoms with Crippen molar-refractivity contribution >= 4 is 0 Å². The molecule has 0 heterocycles. The normalized spacial score (nSPS) is 36.5. The zero-order chi connectivity index (χ0) is 22.6. The Labute approximate surface area is 191 Å². The summed E-state index contributed by atoms with van der Waals surface area (Å²) in [4.78, 5) is 0. The average Bonchev–Trinajstić information content (AvgIpc) is 3.09. The van der Waals surface area contributed by atoms with Crippen LogP contribution in [0.15, 0.2) is 23.3 Å². The van der Waals surface area contributed by atoms with Crippen LogP contribution in [0.25, 0.3) is 0 Å². The number of aliphatic hydroxyl groups is 3. The molecule has 3 aliphatic carbocycles. The first-order valence-corrected chi connectivity index (χ1v) is 13.2. The maximum absolute atomic E-state index is 10.6. The first kappa shape index (κ1) is 25.0. The van der Waals surface area contributed by atoms with Crippen molar-refractivity contribution in [3.05, 3.63) is 23.3 Å². The summed E-state index contributed by atoms with van der Waals surface area (Å²) in [5, 5.41) is 30.6. The fraction of sp³-hybridized carbons (Fsp3) is 0.857. The van der Waals surface area contributed by atoms with Crippen molar-refractivity contribution in [1.82, 2.24) is 0 Å². The first-order chi connectivity index (χ1) is 14.7. The van der Waals surface area contributed by atoms with Gasteiger partial charge in [-0.15, -0.1) is 0 Å². The molecule has 3 heteroatoms. The molecular formula is C28H48O3. The van der Waals surface area contributed by atoms with Crippen LogP contribution in [0, 0.1) is 23.2 Å². The number of aliphatic hydroxyl groups excluding tert-OH is 2. The lowest BCUT2D eigenvalue weighted by Crippen LogP contribution is -2.36. The van der Waals surface area contributed by atoms with Crippen LogP contribution in [0.5, 0.6) is 0 Å². The summed E-state index contributed by atoms with van der Waals surface area (Å²) in [6.07, 6.45) is 17.2. The summed E-state index contributed by atoms with van der Waals surface area (Å²) >= 11 is 0. The van der Waals surface area contributed by atoms with Crippen molar-refractivity contribution in [2.24, 2.45) is 23.2 Å². The highest BCUT2D eigenvalue weighted by molar-refractivity contribution is 5.26. The molecule has 31 heavy (non-hydrogen) atoms. The summed E-state index contributed by atoms with van der Waals surface area (Å²) in [5.74, 6) is 2.19. The van der Waals surface area contributed by atoms with E-state index in [9.17, 15) is 15.3 Å². The molecule has 0 unspecified atom stereocenters. The van der Waals surface area contributed by atoms with Gasteiger partial charge in [0.1, 0.15) is 0 Å². The summed E-state index contributed by atoms with van der Waals surface area (Å²) in [7, 11) is 0. The Kier molecular flexibility index (Phi) is 8.49. The summed E-state index contributed by atoms with van der Waals surface area (Å²) < 4.78 is 0. The molecule has 3 fully saturated rings. The van der Waals surface area contributed by atoms with Crippen molar-refractivity contribution in [1.29, 1.82) is 0 Å². The topological polar surface area (TPSA) is 60.7 Å². The molecule has 0 bridgehead atoms. The molecule has 3 nitrogen and oxygen atoms in total. The molecule has 3 rings (SSSR count). The number of hydrogen-bond acceptors (Lipinski definition) is 3. The fourth-order valence-corrected chi connectivity index (χ4v) is 7.30. The second kappa shape index (κ2) is 10.5. The number of rotatable bonds is 8. The lowest BCUT2D eigenvalue weighted by Gasteiger charge is -2.44. The van der Waals surface area contributed by atoms with E-state index < -0.39 is 5.60 Å². The SMILES string of the molecule is CCC(O)(CC)CCC[C@@H](C)[C@H]1CC[C@H]2/C(=C/C=C3C[C@@H](O)C[C@H](O)C3)CCC[C@]12C. The van der Waals surface area contributed by atoms with E-state index in [1.807, 2.05) is 0 Å². The Hall–Kier alpha value is -0.640. The van der Waals surface area contributed by atoms with Crippen molar-refractivity contribution < 1.29 is 15.3 Å². The van der Waals surface area contributed by atoms with Gasteiger partial charge in [0.2, 0.25) is 0 Å². The fourth-order valence-electron chi connectivity index (χ4n) is 7.30. The Morgan fingerprint density at radius 3 is 2.42 bits per heavy atom. The monoisotopic (exact) mass is 432 g/mol. The smallest absolute Gasteiger partial charge is 0.0642 e. The van der Waals surface area contributed by atoms with E-state index in [2.05, 4.69) is 39.8 Å². The van der Waals surface area contributed by atoms with Gasteiger partial charge in [-0.25, -0.2) is 0 Å². The second-order valence-electron chi connectivity index (χ2n) is 11.4. The minimum atomic E-state index is -0.462. The molecule has 0 aromatic carbocycles. The molecule has 0 radical (unpaired) electrons. The molecule has 3 aliphatic rings. The minimum absolute atomic E-state index is 0.389. The standard InChI is InChI=1S/C28H48O3/c1-5-28(31,6-2)16-7-9-20(3)25-13-14-26-22(10-8-15-27(25,26)4)12-11-21-17-23(29)19-24(30)18-21/h11-12,20,23-26,29-31H,5-10,13-19H2,1-4H3/b22-12+/t20-,23-,24-,25-,26+,27-/m1/s1. The molecule has 6 atom stereocenters. The largest absolute Gasteiger partial charge is 0.393 e. The van der Waals surface area contributed by atoms with Crippen LogP contribution >= 0.6 is 0 Å². The van der Waals surface area contributed by atoms with Gasteiger partial charge in [0.05, 0.1) is 17.8 Å². The molecule has 3 N–H and O–H groups in total. The average molecular weight is 433 g/mol.